The van der Waals surface area contributed by atoms with Gasteiger partial charge in [-0.05, 0) is 67.0 Å². The predicted molar refractivity (Wildman–Crippen MR) is 126 cm³/mol. The van der Waals surface area contributed by atoms with Crippen molar-refractivity contribution in [1.29, 1.82) is 0 Å². The summed E-state index contributed by atoms with van der Waals surface area (Å²) in [7, 11) is 0. The monoisotopic (exact) mass is 464 g/mol. The molecule has 2 amide bonds. The van der Waals surface area contributed by atoms with Gasteiger partial charge < -0.3 is 10.2 Å². The number of carbonyl (C=O) groups excluding carboxylic acids is 2. The summed E-state index contributed by atoms with van der Waals surface area (Å²) in [5, 5.41) is 3.59. The van der Waals surface area contributed by atoms with Crippen LogP contribution < -0.4 is 5.32 Å². The van der Waals surface area contributed by atoms with E-state index in [9.17, 15) is 14.0 Å². The van der Waals surface area contributed by atoms with Crippen LogP contribution in [0, 0.1) is 11.7 Å². The molecule has 2 aromatic carbocycles. The zero-order valence-electron chi connectivity index (χ0n) is 18.2. The highest BCUT2D eigenvalue weighted by Crippen LogP contribution is 2.22. The Bertz CT molecular complexity index is 844. The molecule has 4 nitrogen and oxygen atoms in total. The maximum atomic E-state index is 13.3. The second kappa shape index (κ2) is 12.7. The maximum absolute atomic E-state index is 13.3. The lowest BCUT2D eigenvalue weighted by molar-refractivity contribution is -0.140. The highest BCUT2D eigenvalue weighted by atomic mass is 35.5. The van der Waals surface area contributed by atoms with Crippen LogP contribution in [0.2, 0.25) is 5.02 Å². The third-order valence-electron chi connectivity index (χ3n) is 4.74. The third-order valence-corrected chi connectivity index (χ3v) is 6.09. The van der Waals surface area contributed by atoms with E-state index >= 15 is 0 Å². The number of amides is 2. The van der Waals surface area contributed by atoms with Crippen molar-refractivity contribution in [1.82, 2.24) is 10.2 Å². The van der Waals surface area contributed by atoms with Gasteiger partial charge in [-0.1, -0.05) is 37.6 Å². The number of thioether (sulfide) groups is 1. The molecule has 0 saturated carbocycles. The van der Waals surface area contributed by atoms with Gasteiger partial charge in [0.05, 0.1) is 0 Å². The van der Waals surface area contributed by atoms with Crippen molar-refractivity contribution in [2.75, 3.05) is 12.3 Å². The van der Waals surface area contributed by atoms with Crippen molar-refractivity contribution in [2.24, 2.45) is 5.92 Å². The number of benzene rings is 2. The molecule has 0 aliphatic rings. The van der Waals surface area contributed by atoms with Gasteiger partial charge in [-0.3, -0.25) is 9.59 Å². The van der Waals surface area contributed by atoms with Crippen molar-refractivity contribution in [3.8, 4) is 0 Å². The van der Waals surface area contributed by atoms with Gasteiger partial charge >= 0.3 is 0 Å². The van der Waals surface area contributed by atoms with E-state index in [1.807, 2.05) is 38.1 Å². The van der Waals surface area contributed by atoms with Gasteiger partial charge in [-0.2, -0.15) is 0 Å². The van der Waals surface area contributed by atoms with Crippen LogP contribution in [0.15, 0.2) is 53.4 Å². The van der Waals surface area contributed by atoms with Crippen molar-refractivity contribution in [3.63, 3.8) is 0 Å². The molecule has 0 aliphatic heterocycles. The minimum Gasteiger partial charge on any atom is -0.354 e. The van der Waals surface area contributed by atoms with Crippen LogP contribution in [0.4, 0.5) is 4.39 Å². The SMILES string of the molecule is CC(C)CNC(=O)C(C)N(Cc1ccc(F)cc1)C(=O)CCCSc1ccc(Cl)cc1. The number of hydrogen-bond donors (Lipinski definition) is 1. The van der Waals surface area contributed by atoms with E-state index in [1.54, 1.807) is 35.7 Å². The molecule has 31 heavy (non-hydrogen) atoms. The second-order valence-corrected chi connectivity index (χ2v) is 9.47. The van der Waals surface area contributed by atoms with Crippen molar-refractivity contribution in [2.45, 2.75) is 51.1 Å². The molecule has 1 atom stereocenters. The highest BCUT2D eigenvalue weighted by molar-refractivity contribution is 7.99. The molecular formula is C24H30ClFN2O2S. The summed E-state index contributed by atoms with van der Waals surface area (Å²) in [6, 6.07) is 13.0. The van der Waals surface area contributed by atoms with E-state index in [0.29, 0.717) is 30.3 Å². The van der Waals surface area contributed by atoms with Crippen molar-refractivity contribution in [3.05, 3.63) is 64.9 Å². The predicted octanol–water partition coefficient (Wildman–Crippen LogP) is 5.54. The van der Waals surface area contributed by atoms with E-state index < -0.39 is 6.04 Å². The lowest BCUT2D eigenvalue weighted by Crippen LogP contribution is -2.48. The number of nitrogens with zero attached hydrogens (tertiary/aromatic N) is 1. The Morgan fingerprint density at radius 2 is 1.71 bits per heavy atom. The molecule has 0 aliphatic carbocycles. The Balaban J connectivity index is 1.97. The van der Waals surface area contributed by atoms with Crippen LogP contribution in [-0.4, -0.2) is 35.1 Å². The van der Waals surface area contributed by atoms with Gasteiger partial charge in [0.25, 0.3) is 0 Å². The molecule has 1 unspecified atom stereocenters. The molecule has 0 heterocycles. The summed E-state index contributed by atoms with van der Waals surface area (Å²) in [4.78, 5) is 28.3. The normalized spacial score (nSPS) is 11.9. The molecule has 2 rings (SSSR count). The van der Waals surface area contributed by atoms with E-state index in [4.69, 9.17) is 11.6 Å². The first-order valence-electron chi connectivity index (χ1n) is 10.5. The van der Waals surface area contributed by atoms with Crippen LogP contribution in [0.1, 0.15) is 39.2 Å². The topological polar surface area (TPSA) is 49.4 Å². The molecular weight excluding hydrogens is 435 g/mol. The van der Waals surface area contributed by atoms with Crippen molar-refractivity contribution >= 4 is 35.2 Å². The Kier molecular flexibility index (Phi) is 10.3. The van der Waals surface area contributed by atoms with Crippen LogP contribution in [0.25, 0.3) is 0 Å². The summed E-state index contributed by atoms with van der Waals surface area (Å²) in [5.74, 6) is 0.505. The van der Waals surface area contributed by atoms with Crippen LogP contribution >= 0.6 is 23.4 Å². The maximum Gasteiger partial charge on any atom is 0.242 e. The first kappa shape index (κ1) is 25.2. The second-order valence-electron chi connectivity index (χ2n) is 7.87. The van der Waals surface area contributed by atoms with Gasteiger partial charge in [-0.15, -0.1) is 11.8 Å². The molecule has 0 aromatic heterocycles. The highest BCUT2D eigenvalue weighted by Gasteiger charge is 2.25. The largest absolute Gasteiger partial charge is 0.354 e. The van der Waals surface area contributed by atoms with Crippen LogP contribution in [0.5, 0.6) is 0 Å². The average molecular weight is 465 g/mol. The molecule has 2 aromatic rings. The van der Waals surface area contributed by atoms with Gasteiger partial charge in [-0.25, -0.2) is 4.39 Å². The van der Waals surface area contributed by atoms with Crippen LogP contribution in [0.3, 0.4) is 0 Å². The minimum absolute atomic E-state index is 0.0896. The quantitative estimate of drug-likeness (QED) is 0.351. The summed E-state index contributed by atoms with van der Waals surface area (Å²) in [5.41, 5.74) is 0.786. The lowest BCUT2D eigenvalue weighted by Gasteiger charge is -2.29. The van der Waals surface area contributed by atoms with Gasteiger partial charge in [0.15, 0.2) is 0 Å². The fourth-order valence-corrected chi connectivity index (χ4v) is 3.89. The summed E-state index contributed by atoms with van der Waals surface area (Å²) in [6.45, 7) is 6.59. The van der Waals surface area contributed by atoms with E-state index in [0.717, 1.165) is 16.2 Å². The summed E-state index contributed by atoms with van der Waals surface area (Å²) < 4.78 is 13.3. The number of carbonyl (C=O) groups is 2. The number of hydrogen-bond acceptors (Lipinski definition) is 3. The molecule has 1 N–H and O–H groups in total. The Morgan fingerprint density at radius 3 is 2.32 bits per heavy atom. The average Bonchev–Trinajstić information content (AvgIpc) is 2.75. The molecule has 0 fully saturated rings. The Hall–Kier alpha value is -2.05. The zero-order valence-corrected chi connectivity index (χ0v) is 19.8. The van der Waals surface area contributed by atoms with E-state index in [-0.39, 0.29) is 24.2 Å². The first-order valence-corrected chi connectivity index (χ1v) is 11.8. The van der Waals surface area contributed by atoms with Gasteiger partial charge in [0, 0.05) is 29.4 Å². The molecule has 0 radical (unpaired) electrons. The Morgan fingerprint density at radius 1 is 1.06 bits per heavy atom. The molecule has 7 heteroatoms. The van der Waals surface area contributed by atoms with Gasteiger partial charge in [0.1, 0.15) is 11.9 Å². The summed E-state index contributed by atoms with van der Waals surface area (Å²) >= 11 is 7.57. The smallest absolute Gasteiger partial charge is 0.242 e. The standard InChI is InChI=1S/C24H30ClFN2O2S/c1-17(2)15-27-24(30)18(3)28(16-19-6-10-21(26)11-7-19)23(29)5-4-14-31-22-12-8-20(25)9-13-22/h6-13,17-18H,4-5,14-16H2,1-3H3,(H,27,30). The zero-order chi connectivity index (χ0) is 22.8. The van der Waals surface area contributed by atoms with Crippen LogP contribution in [-0.2, 0) is 16.1 Å². The molecule has 168 valence electrons. The first-order chi connectivity index (χ1) is 14.8. The summed E-state index contributed by atoms with van der Waals surface area (Å²) in [6.07, 6.45) is 1.02. The van der Waals surface area contributed by atoms with E-state index in [1.165, 1.54) is 12.1 Å². The molecule has 0 spiro atoms. The number of nitrogens with one attached hydrogen (secondary N) is 1. The van der Waals surface area contributed by atoms with E-state index in [2.05, 4.69) is 5.32 Å². The molecule has 0 saturated heterocycles. The fraction of sp³-hybridized carbons (Fsp3) is 0.417. The molecule has 0 bridgehead atoms. The Labute approximate surface area is 193 Å². The van der Waals surface area contributed by atoms with Crippen molar-refractivity contribution < 1.29 is 14.0 Å². The minimum atomic E-state index is -0.611. The third kappa shape index (κ3) is 8.91. The number of rotatable bonds is 11. The van der Waals surface area contributed by atoms with Gasteiger partial charge in [0.2, 0.25) is 11.8 Å². The lowest BCUT2D eigenvalue weighted by atomic mass is 10.1. The fourth-order valence-electron chi connectivity index (χ4n) is 2.91. The number of halogens is 2.